The number of halogens is 4. The minimum Gasteiger partial charge on any atom is -0.428 e. The van der Waals surface area contributed by atoms with Crippen LogP contribution in [0.25, 0.3) is 6.08 Å². The van der Waals surface area contributed by atoms with Crippen molar-refractivity contribution >= 4 is 31.8 Å². The number of nitrogens with two attached hydrogens (primary N) is 1. The van der Waals surface area contributed by atoms with Crippen LogP contribution in [-0.2, 0) is 20.0 Å². The molecule has 0 atom stereocenters. The predicted molar refractivity (Wildman–Crippen MR) is 97.4 cm³/mol. The summed E-state index contributed by atoms with van der Waals surface area (Å²) >= 11 is 0. The van der Waals surface area contributed by atoms with E-state index in [1.54, 1.807) is 0 Å². The molecule has 158 valence electrons. The molecule has 0 heterocycles. The van der Waals surface area contributed by atoms with Crippen LogP contribution in [0.3, 0.4) is 0 Å². The molecule has 0 saturated carbocycles. The Morgan fingerprint density at radius 1 is 1.00 bits per heavy atom. The number of benzene rings is 2. The molecule has 0 amide bonds. The number of ether oxygens (including phenoxy) is 1. The number of alkyl halides is 4. The highest BCUT2D eigenvalue weighted by atomic mass is 32.2. The zero-order valence-corrected chi connectivity index (χ0v) is 15.9. The fourth-order valence-electron chi connectivity index (χ4n) is 2.00. The fraction of sp³-hybridized carbons (Fsp3) is 0.125. The summed E-state index contributed by atoms with van der Waals surface area (Å²) in [6.45, 7) is 0. The first kappa shape index (κ1) is 22.6. The van der Waals surface area contributed by atoms with E-state index in [2.05, 4.69) is 4.74 Å². The van der Waals surface area contributed by atoms with E-state index in [0.29, 0.717) is 5.41 Å². The van der Waals surface area contributed by atoms with Crippen LogP contribution >= 0.6 is 0 Å². The van der Waals surface area contributed by atoms with Gasteiger partial charge in [-0.1, -0.05) is 24.3 Å². The average molecular weight is 454 g/mol. The van der Waals surface area contributed by atoms with Crippen molar-refractivity contribution in [2.75, 3.05) is 4.72 Å². The van der Waals surface area contributed by atoms with Crippen molar-refractivity contribution in [3.63, 3.8) is 0 Å². The van der Waals surface area contributed by atoms with Crippen molar-refractivity contribution in [1.82, 2.24) is 0 Å². The van der Waals surface area contributed by atoms with Crippen LogP contribution in [0.1, 0.15) is 5.56 Å². The molecule has 0 unspecified atom stereocenters. The number of anilines is 1. The maximum atomic E-state index is 12.8. The standard InChI is InChI=1S/C16H14F4N2O5S2/c17-15(18)16(19,20)27-12-7-5-11(6-8-12)9-10-28(23,24)22-13-3-1-2-4-14(13)29(21,25)26/h1-10,15,22H,(H2,21,25,26)/b10-9+. The van der Waals surface area contributed by atoms with Gasteiger partial charge in [0, 0.05) is 0 Å². The number of hydrogen-bond acceptors (Lipinski definition) is 5. The fourth-order valence-corrected chi connectivity index (χ4v) is 3.65. The highest BCUT2D eigenvalue weighted by Gasteiger charge is 2.43. The summed E-state index contributed by atoms with van der Waals surface area (Å²) in [5, 5.41) is 5.72. The monoisotopic (exact) mass is 454 g/mol. The molecule has 0 aliphatic rings. The molecule has 0 bridgehead atoms. The van der Waals surface area contributed by atoms with Gasteiger partial charge in [-0.15, -0.1) is 0 Å². The Bertz CT molecular complexity index is 1100. The van der Waals surface area contributed by atoms with E-state index < -0.39 is 43.2 Å². The van der Waals surface area contributed by atoms with Crippen LogP contribution in [0.4, 0.5) is 23.2 Å². The second-order valence-electron chi connectivity index (χ2n) is 5.52. The zero-order chi connectivity index (χ0) is 21.9. The summed E-state index contributed by atoms with van der Waals surface area (Å²) < 4.78 is 103. The van der Waals surface area contributed by atoms with Crippen molar-refractivity contribution in [2.24, 2.45) is 5.14 Å². The molecule has 0 fully saturated rings. The van der Waals surface area contributed by atoms with Crippen molar-refractivity contribution in [1.29, 1.82) is 0 Å². The molecule has 2 aromatic rings. The first-order valence-corrected chi connectivity index (χ1v) is 10.7. The Labute approximate surface area is 163 Å². The van der Waals surface area contributed by atoms with Crippen LogP contribution in [0.2, 0.25) is 0 Å². The maximum Gasteiger partial charge on any atom is 0.461 e. The molecule has 7 nitrogen and oxygen atoms in total. The molecule has 13 heteroatoms. The molecule has 0 aliphatic carbocycles. The first-order chi connectivity index (χ1) is 13.3. The van der Waals surface area contributed by atoms with E-state index in [1.807, 2.05) is 4.72 Å². The maximum absolute atomic E-state index is 12.8. The summed E-state index contributed by atoms with van der Waals surface area (Å²) in [4.78, 5) is -0.432. The van der Waals surface area contributed by atoms with E-state index in [1.165, 1.54) is 18.2 Å². The summed E-state index contributed by atoms with van der Waals surface area (Å²) in [7, 11) is -8.35. The smallest absolute Gasteiger partial charge is 0.428 e. The molecular formula is C16H14F4N2O5S2. The Morgan fingerprint density at radius 2 is 1.59 bits per heavy atom. The lowest BCUT2D eigenvalue weighted by Crippen LogP contribution is -2.33. The zero-order valence-electron chi connectivity index (χ0n) is 14.3. The van der Waals surface area contributed by atoms with Gasteiger partial charge in [-0.3, -0.25) is 4.72 Å². The average Bonchev–Trinajstić information content (AvgIpc) is 2.60. The van der Waals surface area contributed by atoms with Crippen molar-refractivity contribution in [2.45, 2.75) is 17.4 Å². The van der Waals surface area contributed by atoms with Crippen LogP contribution in [0, 0.1) is 0 Å². The third kappa shape index (κ3) is 6.44. The first-order valence-electron chi connectivity index (χ1n) is 7.58. The molecule has 2 aromatic carbocycles. The van der Waals surface area contributed by atoms with E-state index >= 15 is 0 Å². The number of sulfonamides is 2. The van der Waals surface area contributed by atoms with Crippen LogP contribution < -0.4 is 14.6 Å². The number of primary sulfonamides is 1. The summed E-state index contributed by atoms with van der Waals surface area (Å²) in [6.07, 6.45) is -7.61. The molecular weight excluding hydrogens is 440 g/mol. The number of rotatable bonds is 8. The van der Waals surface area contributed by atoms with Gasteiger partial charge >= 0.3 is 12.5 Å². The van der Waals surface area contributed by atoms with Crippen LogP contribution in [0.15, 0.2) is 58.8 Å². The van der Waals surface area contributed by atoms with Crippen LogP contribution in [0.5, 0.6) is 5.75 Å². The molecule has 0 radical (unpaired) electrons. The lowest BCUT2D eigenvalue weighted by molar-refractivity contribution is -0.253. The Balaban J connectivity index is 2.16. The third-order valence-electron chi connectivity index (χ3n) is 3.27. The number of para-hydroxylation sites is 1. The van der Waals surface area contributed by atoms with Gasteiger partial charge in [-0.05, 0) is 35.9 Å². The molecule has 0 saturated heterocycles. The Hall–Kier alpha value is -2.64. The quantitative estimate of drug-likeness (QED) is 0.595. The largest absolute Gasteiger partial charge is 0.461 e. The highest BCUT2D eigenvalue weighted by Crippen LogP contribution is 2.27. The minimum atomic E-state index is -4.67. The van der Waals surface area contributed by atoms with Gasteiger partial charge in [0.25, 0.3) is 10.0 Å². The third-order valence-corrected chi connectivity index (χ3v) is 5.24. The normalized spacial score (nSPS) is 13.0. The van der Waals surface area contributed by atoms with E-state index in [4.69, 9.17) is 5.14 Å². The molecule has 29 heavy (non-hydrogen) atoms. The molecule has 0 aromatic heterocycles. The highest BCUT2D eigenvalue weighted by molar-refractivity contribution is 7.95. The van der Waals surface area contributed by atoms with Crippen molar-refractivity contribution in [3.05, 3.63) is 59.5 Å². The van der Waals surface area contributed by atoms with Gasteiger partial charge in [0.2, 0.25) is 10.0 Å². The number of nitrogens with one attached hydrogen (secondary N) is 1. The van der Waals surface area contributed by atoms with Gasteiger partial charge in [0.15, 0.2) is 0 Å². The predicted octanol–water partition coefficient (Wildman–Crippen LogP) is 2.98. The second kappa shape index (κ2) is 8.39. The topological polar surface area (TPSA) is 116 Å². The SMILES string of the molecule is NS(=O)(=O)c1ccccc1NS(=O)(=O)/C=C/c1ccc(OC(F)(F)C(F)F)cc1. The van der Waals surface area contributed by atoms with Gasteiger partial charge in [-0.25, -0.2) is 22.0 Å². The van der Waals surface area contributed by atoms with Gasteiger partial charge in [0.05, 0.1) is 11.1 Å². The van der Waals surface area contributed by atoms with E-state index in [0.717, 1.165) is 36.4 Å². The van der Waals surface area contributed by atoms with Crippen molar-refractivity contribution in [3.8, 4) is 5.75 Å². The van der Waals surface area contributed by atoms with Gasteiger partial charge < -0.3 is 4.74 Å². The van der Waals surface area contributed by atoms with E-state index in [9.17, 15) is 34.4 Å². The van der Waals surface area contributed by atoms with Gasteiger partial charge in [-0.2, -0.15) is 17.6 Å². The summed E-state index contributed by atoms with van der Waals surface area (Å²) in [5.41, 5.74) is -0.0551. The molecule has 0 aliphatic heterocycles. The lowest BCUT2D eigenvalue weighted by atomic mass is 10.2. The summed E-state index contributed by atoms with van der Waals surface area (Å²) in [5.74, 6) is -0.546. The van der Waals surface area contributed by atoms with E-state index in [-0.39, 0.29) is 11.3 Å². The van der Waals surface area contributed by atoms with Crippen LogP contribution in [-0.4, -0.2) is 29.4 Å². The summed E-state index contributed by atoms with van der Waals surface area (Å²) in [6, 6.07) is 9.27. The Morgan fingerprint density at radius 3 is 2.14 bits per heavy atom. The van der Waals surface area contributed by atoms with Gasteiger partial charge in [0.1, 0.15) is 10.6 Å². The minimum absolute atomic E-state index is 0.211. The molecule has 2 rings (SSSR count). The Kier molecular flexibility index (Phi) is 6.55. The lowest BCUT2D eigenvalue weighted by Gasteiger charge is -2.16. The molecule has 3 N–H and O–H groups in total. The second-order valence-corrected chi connectivity index (χ2v) is 8.62. The molecule has 0 spiro atoms. The number of hydrogen-bond donors (Lipinski definition) is 2. The van der Waals surface area contributed by atoms with Crippen molar-refractivity contribution < 1.29 is 39.1 Å².